The molecule has 3 rings (SSSR count). The highest BCUT2D eigenvalue weighted by molar-refractivity contribution is 7.89. The summed E-state index contributed by atoms with van der Waals surface area (Å²) in [6.45, 7) is 4.90. The number of rotatable bonds is 10. The molecule has 2 atom stereocenters. The van der Waals surface area contributed by atoms with E-state index in [-0.39, 0.29) is 17.9 Å². The zero-order valence-electron chi connectivity index (χ0n) is 21.9. The van der Waals surface area contributed by atoms with Gasteiger partial charge in [0.1, 0.15) is 11.4 Å². The van der Waals surface area contributed by atoms with Gasteiger partial charge in [-0.3, -0.25) is 0 Å². The van der Waals surface area contributed by atoms with Crippen LogP contribution in [0, 0.1) is 0 Å². The number of methoxy groups -OCH3 is 1. The van der Waals surface area contributed by atoms with E-state index in [2.05, 4.69) is 10.4 Å². The first kappa shape index (κ1) is 28.5. The molecule has 9 nitrogen and oxygen atoms in total. The molecule has 37 heavy (non-hydrogen) atoms. The fraction of sp³-hybridized carbons (Fsp3) is 0.481. The minimum Gasteiger partial charge on any atom is -0.497 e. The molecule has 2 N–H and O–H groups in total. The number of sulfonamides is 1. The number of hydrogen-bond donors (Lipinski definition) is 2. The van der Waals surface area contributed by atoms with E-state index < -0.39 is 33.9 Å². The summed E-state index contributed by atoms with van der Waals surface area (Å²) < 4.78 is 38.7. The van der Waals surface area contributed by atoms with Crippen LogP contribution in [0.1, 0.15) is 52.0 Å². The third-order valence-corrected chi connectivity index (χ3v) is 7.53. The van der Waals surface area contributed by atoms with Crippen molar-refractivity contribution in [2.75, 3.05) is 13.7 Å². The van der Waals surface area contributed by atoms with Gasteiger partial charge in [0.25, 0.3) is 10.0 Å². The van der Waals surface area contributed by atoms with Gasteiger partial charge in [-0.15, -0.1) is 0 Å². The molecule has 1 aliphatic rings. The Hall–Kier alpha value is -3.11. The van der Waals surface area contributed by atoms with Crippen LogP contribution in [0.15, 0.2) is 64.6 Å². The number of benzene rings is 2. The first-order valence-corrected chi connectivity index (χ1v) is 13.9. The third-order valence-electron chi connectivity index (χ3n) is 5.88. The second kappa shape index (κ2) is 12.4. The van der Waals surface area contributed by atoms with Crippen molar-refractivity contribution in [3.8, 4) is 5.75 Å². The Bertz CT molecular complexity index is 1150. The van der Waals surface area contributed by atoms with Crippen molar-refractivity contribution in [3.63, 3.8) is 0 Å². The number of aliphatic hydroxyl groups excluding tert-OH is 1. The van der Waals surface area contributed by atoms with E-state index in [0.717, 1.165) is 28.5 Å². The van der Waals surface area contributed by atoms with E-state index in [1.165, 1.54) is 19.2 Å². The molecule has 2 aromatic rings. The summed E-state index contributed by atoms with van der Waals surface area (Å²) in [5.74, 6) is 0.525. The number of aliphatic hydroxyl groups is 1. The molecule has 202 valence electrons. The number of nitrogens with zero attached hydrogens (tertiary/aromatic N) is 2. The normalized spacial score (nSPS) is 15.5. The Morgan fingerprint density at radius 3 is 2.27 bits per heavy atom. The van der Waals surface area contributed by atoms with Gasteiger partial charge in [0.2, 0.25) is 0 Å². The van der Waals surface area contributed by atoms with Gasteiger partial charge in [-0.25, -0.2) is 4.79 Å². The summed E-state index contributed by atoms with van der Waals surface area (Å²) in [6.07, 6.45) is 1.59. The molecule has 0 aromatic heterocycles. The van der Waals surface area contributed by atoms with E-state index in [9.17, 15) is 18.3 Å². The summed E-state index contributed by atoms with van der Waals surface area (Å²) in [7, 11) is -2.58. The lowest BCUT2D eigenvalue weighted by Gasteiger charge is -2.29. The van der Waals surface area contributed by atoms with Crippen molar-refractivity contribution in [1.82, 2.24) is 9.73 Å². The highest BCUT2D eigenvalue weighted by Gasteiger charge is 2.32. The largest absolute Gasteiger partial charge is 0.497 e. The Morgan fingerprint density at radius 1 is 1.08 bits per heavy atom. The lowest BCUT2D eigenvalue weighted by Crippen LogP contribution is -2.50. The molecule has 0 radical (unpaired) electrons. The van der Waals surface area contributed by atoms with Gasteiger partial charge in [0.05, 0.1) is 30.7 Å². The molecule has 1 fully saturated rings. The molecule has 0 unspecified atom stereocenters. The van der Waals surface area contributed by atoms with E-state index in [4.69, 9.17) is 9.47 Å². The van der Waals surface area contributed by atoms with Crippen LogP contribution < -0.4 is 10.1 Å². The van der Waals surface area contributed by atoms with Crippen molar-refractivity contribution in [3.05, 3.63) is 60.2 Å². The van der Waals surface area contributed by atoms with Crippen LogP contribution in [0.3, 0.4) is 0 Å². The highest BCUT2D eigenvalue weighted by Crippen LogP contribution is 2.23. The summed E-state index contributed by atoms with van der Waals surface area (Å²) in [5, 5.41) is 18.5. The number of hydrazone groups is 1. The number of amides is 1. The van der Waals surface area contributed by atoms with E-state index in [1.807, 2.05) is 30.3 Å². The van der Waals surface area contributed by atoms with E-state index >= 15 is 0 Å². The topological polar surface area (TPSA) is 118 Å². The number of alkyl carbamates (subject to hydrolysis) is 1. The second-order valence-electron chi connectivity index (χ2n) is 10.1. The minimum absolute atomic E-state index is 0.0301. The minimum atomic E-state index is -4.09. The highest BCUT2D eigenvalue weighted by atomic mass is 32.2. The van der Waals surface area contributed by atoms with E-state index in [0.29, 0.717) is 18.6 Å². The van der Waals surface area contributed by atoms with Crippen LogP contribution in [0.2, 0.25) is 0 Å². The van der Waals surface area contributed by atoms with Gasteiger partial charge < -0.3 is 19.9 Å². The van der Waals surface area contributed by atoms with Gasteiger partial charge in [-0.2, -0.15) is 17.9 Å². The predicted octanol–water partition coefficient (Wildman–Crippen LogP) is 4.11. The maximum atomic E-state index is 13.6. The van der Waals surface area contributed by atoms with E-state index in [1.54, 1.807) is 32.9 Å². The van der Waals surface area contributed by atoms with Gasteiger partial charge in [-0.1, -0.05) is 30.3 Å². The molecule has 0 saturated heterocycles. The van der Waals surface area contributed by atoms with Crippen LogP contribution in [0.25, 0.3) is 0 Å². The first-order chi connectivity index (χ1) is 17.5. The van der Waals surface area contributed by atoms with Gasteiger partial charge >= 0.3 is 6.09 Å². The Morgan fingerprint density at radius 2 is 1.70 bits per heavy atom. The Labute approximate surface area is 219 Å². The first-order valence-electron chi connectivity index (χ1n) is 12.4. The maximum absolute atomic E-state index is 13.6. The molecule has 1 aliphatic carbocycles. The molecular weight excluding hydrogens is 494 g/mol. The average molecular weight is 532 g/mol. The average Bonchev–Trinajstić information content (AvgIpc) is 3.36. The molecule has 1 saturated carbocycles. The van der Waals surface area contributed by atoms with Crippen molar-refractivity contribution in [2.24, 2.45) is 5.10 Å². The fourth-order valence-corrected chi connectivity index (χ4v) is 5.30. The quantitative estimate of drug-likeness (QED) is 0.446. The van der Waals surface area contributed by atoms with Crippen LogP contribution in [0.5, 0.6) is 5.75 Å². The molecule has 0 spiro atoms. The van der Waals surface area contributed by atoms with Crippen LogP contribution >= 0.6 is 0 Å². The molecule has 0 heterocycles. The standard InChI is InChI=1S/C27H37N3O6S/c1-27(2,3)36-26(32)28-24(18-20-10-6-5-7-11-20)25(31)19-30(29-21-12-8-9-13-21)37(33,34)23-16-14-22(35-4)15-17-23/h5-7,10-11,14-17,24-25,31H,8-9,12-13,18-19H2,1-4H3,(H,28,32)/t24-,25-/m0/s1. The third kappa shape index (κ3) is 8.46. The summed E-state index contributed by atoms with van der Waals surface area (Å²) in [6, 6.07) is 14.5. The van der Waals surface area contributed by atoms with Crippen LogP contribution in [-0.2, 0) is 21.2 Å². The zero-order valence-corrected chi connectivity index (χ0v) is 22.7. The summed E-state index contributed by atoms with van der Waals surface area (Å²) >= 11 is 0. The molecule has 1 amide bonds. The number of hydrogen-bond acceptors (Lipinski definition) is 7. The monoisotopic (exact) mass is 531 g/mol. The summed E-state index contributed by atoms with van der Waals surface area (Å²) in [4.78, 5) is 12.6. The Balaban J connectivity index is 1.89. The maximum Gasteiger partial charge on any atom is 0.407 e. The lowest BCUT2D eigenvalue weighted by atomic mass is 10.0. The van der Waals surface area contributed by atoms with Crippen molar-refractivity contribution in [1.29, 1.82) is 0 Å². The molecular formula is C27H37N3O6S. The predicted molar refractivity (Wildman–Crippen MR) is 142 cm³/mol. The second-order valence-corrected chi connectivity index (χ2v) is 11.9. The van der Waals surface area contributed by atoms with Gasteiger partial charge in [0, 0.05) is 5.71 Å². The van der Waals surface area contributed by atoms with Crippen LogP contribution in [0.4, 0.5) is 4.79 Å². The summed E-state index contributed by atoms with van der Waals surface area (Å²) in [5.41, 5.74) is 0.906. The van der Waals surface area contributed by atoms with Crippen molar-refractivity contribution >= 4 is 21.8 Å². The zero-order chi connectivity index (χ0) is 27.1. The molecule has 0 aliphatic heterocycles. The molecule has 2 aromatic carbocycles. The lowest BCUT2D eigenvalue weighted by molar-refractivity contribution is 0.0403. The number of carbonyl (C=O) groups excluding carboxylic acids is 1. The smallest absolute Gasteiger partial charge is 0.407 e. The van der Waals surface area contributed by atoms with Gasteiger partial charge in [0.15, 0.2) is 0 Å². The van der Waals surface area contributed by atoms with Gasteiger partial charge in [-0.05, 0) is 82.7 Å². The number of nitrogens with one attached hydrogen (secondary N) is 1. The number of ether oxygens (including phenoxy) is 2. The van der Waals surface area contributed by atoms with Crippen molar-refractivity contribution in [2.45, 2.75) is 75.5 Å². The van der Waals surface area contributed by atoms with Crippen molar-refractivity contribution < 1.29 is 27.8 Å². The SMILES string of the molecule is COc1ccc(S(=O)(=O)N(C[C@H](O)[C@H](Cc2ccccc2)NC(=O)OC(C)(C)C)N=C2CCCC2)cc1. The number of carbonyl (C=O) groups is 1. The Kier molecular flexibility index (Phi) is 9.56. The van der Waals surface area contributed by atoms with Crippen LogP contribution in [-0.4, -0.2) is 61.1 Å². The molecule has 0 bridgehead atoms. The molecule has 10 heteroatoms. The fourth-order valence-electron chi connectivity index (χ4n) is 4.00.